The maximum Gasteiger partial charge on any atom is 0.239 e. The highest BCUT2D eigenvalue weighted by molar-refractivity contribution is 5.85. The van der Waals surface area contributed by atoms with Crippen LogP contribution in [0.25, 0.3) is 0 Å². The molecule has 2 amide bonds. The Labute approximate surface area is 135 Å². The zero-order chi connectivity index (χ0) is 15.8. The highest BCUT2D eigenvalue weighted by Crippen LogP contribution is 2.29. The molecule has 1 saturated heterocycles. The van der Waals surface area contributed by atoms with Crippen molar-refractivity contribution in [2.45, 2.75) is 83.6 Å². The molecule has 0 aromatic carbocycles. The minimum absolute atomic E-state index is 0.0438. The monoisotopic (exact) mass is 308 g/mol. The Kier molecular flexibility index (Phi) is 7.20. The number of amides is 2. The highest BCUT2D eigenvalue weighted by atomic mass is 16.2. The predicted octanol–water partition coefficient (Wildman–Crippen LogP) is 3.25. The van der Waals surface area contributed by atoms with Gasteiger partial charge in [-0.1, -0.05) is 39.0 Å². The predicted molar refractivity (Wildman–Crippen MR) is 88.5 cm³/mol. The van der Waals surface area contributed by atoms with E-state index in [1.165, 1.54) is 38.5 Å². The molecule has 4 heteroatoms. The number of carbonyl (C=O) groups is 2. The average molecular weight is 308 g/mol. The lowest BCUT2D eigenvalue weighted by Crippen LogP contribution is -2.45. The third kappa shape index (κ3) is 5.29. The van der Waals surface area contributed by atoms with Crippen LogP contribution in [0, 0.1) is 5.92 Å². The van der Waals surface area contributed by atoms with Gasteiger partial charge in [-0.2, -0.15) is 0 Å². The van der Waals surface area contributed by atoms with Gasteiger partial charge in [0, 0.05) is 19.0 Å². The molecule has 0 aromatic heterocycles. The fourth-order valence-corrected chi connectivity index (χ4v) is 3.85. The summed E-state index contributed by atoms with van der Waals surface area (Å²) in [6.45, 7) is 3.22. The molecule has 1 aliphatic heterocycles. The maximum atomic E-state index is 12.3. The molecule has 4 nitrogen and oxygen atoms in total. The number of nitrogens with zero attached hydrogens (tertiary/aromatic N) is 1. The second-order valence-corrected chi connectivity index (χ2v) is 6.99. The van der Waals surface area contributed by atoms with Crippen molar-refractivity contribution in [2.75, 3.05) is 13.1 Å². The molecule has 0 aromatic rings. The first-order chi connectivity index (χ1) is 10.7. The van der Waals surface area contributed by atoms with Crippen LogP contribution in [0.2, 0.25) is 0 Å². The average Bonchev–Trinajstić information content (AvgIpc) is 2.92. The zero-order valence-corrected chi connectivity index (χ0v) is 14.1. The molecular weight excluding hydrogens is 276 g/mol. The summed E-state index contributed by atoms with van der Waals surface area (Å²) < 4.78 is 0. The molecule has 0 spiro atoms. The molecule has 2 aliphatic rings. The normalized spacial score (nSPS) is 26.6. The van der Waals surface area contributed by atoms with Crippen LogP contribution in [0.5, 0.6) is 0 Å². The number of nitrogens with one attached hydrogen (secondary N) is 1. The molecule has 2 rings (SSSR count). The summed E-state index contributed by atoms with van der Waals surface area (Å²) in [5, 5.41) is 3.21. The summed E-state index contributed by atoms with van der Waals surface area (Å²) in [5.74, 6) is 0.845. The van der Waals surface area contributed by atoms with Crippen LogP contribution in [0.15, 0.2) is 0 Å². The molecule has 0 radical (unpaired) electrons. The Morgan fingerprint density at radius 3 is 2.82 bits per heavy atom. The molecule has 1 aliphatic carbocycles. The third-order valence-corrected chi connectivity index (χ3v) is 5.19. The zero-order valence-electron chi connectivity index (χ0n) is 14.1. The van der Waals surface area contributed by atoms with Crippen LogP contribution in [-0.2, 0) is 9.59 Å². The number of hydrogen-bond donors (Lipinski definition) is 1. The first-order valence-electron chi connectivity index (χ1n) is 9.28. The number of unbranched alkanes of at least 4 members (excludes halogenated alkanes) is 1. The summed E-state index contributed by atoms with van der Waals surface area (Å²) in [4.78, 5) is 26.2. The van der Waals surface area contributed by atoms with Crippen molar-refractivity contribution in [1.82, 2.24) is 10.2 Å². The minimum atomic E-state index is 0.0438. The van der Waals surface area contributed by atoms with Gasteiger partial charge in [-0.05, 0) is 38.0 Å². The minimum Gasteiger partial charge on any atom is -0.352 e. The Balaban J connectivity index is 1.79. The van der Waals surface area contributed by atoms with E-state index in [1.54, 1.807) is 4.90 Å². The fraction of sp³-hybridized carbons (Fsp3) is 0.889. The van der Waals surface area contributed by atoms with Crippen molar-refractivity contribution in [3.05, 3.63) is 0 Å². The summed E-state index contributed by atoms with van der Waals surface area (Å²) in [6, 6.07) is 0.337. The Morgan fingerprint density at radius 1 is 1.18 bits per heavy atom. The molecule has 1 saturated carbocycles. The van der Waals surface area contributed by atoms with Crippen molar-refractivity contribution in [1.29, 1.82) is 0 Å². The van der Waals surface area contributed by atoms with Gasteiger partial charge in [0.05, 0.1) is 6.54 Å². The van der Waals surface area contributed by atoms with Crippen LogP contribution in [0.3, 0.4) is 0 Å². The summed E-state index contributed by atoms with van der Waals surface area (Å²) >= 11 is 0. The summed E-state index contributed by atoms with van der Waals surface area (Å²) in [7, 11) is 0. The summed E-state index contributed by atoms with van der Waals surface area (Å²) in [5.41, 5.74) is 0. The van der Waals surface area contributed by atoms with Crippen molar-refractivity contribution >= 4 is 11.8 Å². The Hall–Kier alpha value is -1.06. The van der Waals surface area contributed by atoms with Crippen LogP contribution >= 0.6 is 0 Å². The smallest absolute Gasteiger partial charge is 0.239 e. The van der Waals surface area contributed by atoms with Gasteiger partial charge in [0.1, 0.15) is 0 Å². The van der Waals surface area contributed by atoms with E-state index >= 15 is 0 Å². The van der Waals surface area contributed by atoms with Crippen LogP contribution < -0.4 is 5.32 Å². The SMILES string of the molecule is CCCCC1CCCC1NC(=O)CN1CCCCCCC1=O. The van der Waals surface area contributed by atoms with Crippen LogP contribution in [-0.4, -0.2) is 35.8 Å². The van der Waals surface area contributed by atoms with Gasteiger partial charge in [-0.15, -0.1) is 0 Å². The van der Waals surface area contributed by atoms with E-state index in [1.807, 2.05) is 0 Å². The molecule has 1 heterocycles. The van der Waals surface area contributed by atoms with Crippen molar-refractivity contribution in [3.63, 3.8) is 0 Å². The molecule has 2 unspecified atom stereocenters. The molecule has 1 N–H and O–H groups in total. The third-order valence-electron chi connectivity index (χ3n) is 5.19. The largest absolute Gasteiger partial charge is 0.352 e. The van der Waals surface area contributed by atoms with E-state index in [9.17, 15) is 9.59 Å². The molecular formula is C18H32N2O2. The molecule has 2 atom stereocenters. The molecule has 2 fully saturated rings. The van der Waals surface area contributed by atoms with E-state index in [4.69, 9.17) is 0 Å². The van der Waals surface area contributed by atoms with Gasteiger partial charge >= 0.3 is 0 Å². The Bertz CT molecular complexity index is 370. The quantitative estimate of drug-likeness (QED) is 0.819. The second-order valence-electron chi connectivity index (χ2n) is 6.99. The number of hydrogen-bond acceptors (Lipinski definition) is 2. The van der Waals surface area contributed by atoms with Gasteiger partial charge in [0.25, 0.3) is 0 Å². The summed E-state index contributed by atoms with van der Waals surface area (Å²) in [6.07, 6.45) is 12.2. The van der Waals surface area contributed by atoms with Gasteiger partial charge in [-0.3, -0.25) is 9.59 Å². The number of likely N-dealkylation sites (tertiary alicyclic amines) is 1. The van der Waals surface area contributed by atoms with Crippen LogP contribution in [0.1, 0.15) is 77.6 Å². The van der Waals surface area contributed by atoms with Gasteiger partial charge in [0.2, 0.25) is 11.8 Å². The van der Waals surface area contributed by atoms with Gasteiger partial charge < -0.3 is 10.2 Å². The first kappa shape index (κ1) is 17.3. The van der Waals surface area contributed by atoms with Crippen molar-refractivity contribution < 1.29 is 9.59 Å². The fourth-order valence-electron chi connectivity index (χ4n) is 3.85. The molecule has 0 bridgehead atoms. The van der Waals surface area contributed by atoms with E-state index < -0.39 is 0 Å². The number of carbonyl (C=O) groups excluding carboxylic acids is 2. The molecule has 126 valence electrons. The topological polar surface area (TPSA) is 49.4 Å². The van der Waals surface area contributed by atoms with E-state index in [0.29, 0.717) is 18.4 Å². The molecule has 22 heavy (non-hydrogen) atoms. The lowest BCUT2D eigenvalue weighted by atomic mass is 9.97. The van der Waals surface area contributed by atoms with E-state index in [0.717, 1.165) is 32.2 Å². The Morgan fingerprint density at radius 2 is 2.00 bits per heavy atom. The van der Waals surface area contributed by atoms with Gasteiger partial charge in [-0.25, -0.2) is 0 Å². The van der Waals surface area contributed by atoms with Gasteiger partial charge in [0.15, 0.2) is 0 Å². The maximum absolute atomic E-state index is 12.3. The lowest BCUT2D eigenvalue weighted by molar-refractivity contribution is -0.136. The first-order valence-corrected chi connectivity index (χ1v) is 9.28. The van der Waals surface area contributed by atoms with Crippen molar-refractivity contribution in [2.24, 2.45) is 5.92 Å². The highest BCUT2D eigenvalue weighted by Gasteiger charge is 2.28. The standard InChI is InChI=1S/C18H32N2O2/c1-2-3-9-15-10-8-11-16(15)19-17(21)14-20-13-7-5-4-6-12-18(20)22/h15-16H,2-14H2,1H3,(H,19,21). The number of rotatable bonds is 6. The van der Waals surface area contributed by atoms with E-state index in [-0.39, 0.29) is 18.4 Å². The van der Waals surface area contributed by atoms with Crippen LogP contribution in [0.4, 0.5) is 0 Å². The second kappa shape index (κ2) is 9.16. The van der Waals surface area contributed by atoms with E-state index in [2.05, 4.69) is 12.2 Å². The lowest BCUT2D eigenvalue weighted by Gasteiger charge is -2.26. The van der Waals surface area contributed by atoms with Crippen molar-refractivity contribution in [3.8, 4) is 0 Å².